The average Bonchev–Trinajstić information content (AvgIpc) is 2.95. The van der Waals surface area contributed by atoms with Crippen LogP contribution in [0.2, 0.25) is 5.02 Å². The molecule has 1 aromatic carbocycles. The molecule has 9 heteroatoms. The van der Waals surface area contributed by atoms with Crippen molar-refractivity contribution < 1.29 is 17.6 Å². The van der Waals surface area contributed by atoms with Crippen LogP contribution in [0.5, 0.6) is 0 Å². The van der Waals surface area contributed by atoms with E-state index in [0.717, 1.165) is 0 Å². The average molecular weight is 386 g/mol. The molecule has 1 heterocycles. The molecule has 136 valence electrons. The topological polar surface area (TPSA) is 102 Å². The van der Waals surface area contributed by atoms with Gasteiger partial charge in [0.1, 0.15) is 0 Å². The van der Waals surface area contributed by atoms with Gasteiger partial charge in [-0.2, -0.15) is 0 Å². The molecule has 0 saturated heterocycles. The van der Waals surface area contributed by atoms with E-state index in [9.17, 15) is 13.2 Å². The number of hydrogen-bond donors (Lipinski definition) is 1. The molecule has 0 aliphatic carbocycles. The van der Waals surface area contributed by atoms with Gasteiger partial charge in [0, 0.05) is 24.4 Å². The molecule has 1 aromatic heterocycles. The molecular formula is C16H20ClN3O4S. The Hall–Kier alpha value is -1.93. The van der Waals surface area contributed by atoms with E-state index in [-0.39, 0.29) is 29.9 Å². The number of amides is 1. The number of sulfone groups is 1. The van der Waals surface area contributed by atoms with Crippen molar-refractivity contribution in [2.75, 3.05) is 6.54 Å². The summed E-state index contributed by atoms with van der Waals surface area (Å²) in [5.74, 6) is 0.0878. The highest BCUT2D eigenvalue weighted by Crippen LogP contribution is 2.18. The third-order valence-corrected chi connectivity index (χ3v) is 4.86. The molecule has 0 unspecified atom stereocenters. The van der Waals surface area contributed by atoms with Gasteiger partial charge in [-0.1, -0.05) is 42.7 Å². The van der Waals surface area contributed by atoms with E-state index >= 15 is 0 Å². The molecule has 0 fully saturated rings. The Morgan fingerprint density at radius 2 is 2.08 bits per heavy atom. The summed E-state index contributed by atoms with van der Waals surface area (Å²) < 4.78 is 29.9. The van der Waals surface area contributed by atoms with Crippen molar-refractivity contribution in [3.05, 3.63) is 40.7 Å². The first-order valence-electron chi connectivity index (χ1n) is 7.82. The van der Waals surface area contributed by atoms with Crippen LogP contribution < -0.4 is 5.32 Å². The molecule has 7 nitrogen and oxygen atoms in total. The number of aromatic nitrogens is 2. The van der Waals surface area contributed by atoms with Crippen molar-refractivity contribution in [1.82, 2.24) is 15.5 Å². The smallest absolute Gasteiger partial charge is 0.335 e. The molecule has 0 atom stereocenters. The van der Waals surface area contributed by atoms with Crippen LogP contribution in [0.1, 0.15) is 31.7 Å². The number of carbonyl (C=O) groups excluding carboxylic acids is 1. The molecule has 0 bridgehead atoms. The minimum absolute atomic E-state index is 0.0664. The molecule has 1 N–H and O–H groups in total. The number of carbonyl (C=O) groups is 1. The maximum absolute atomic E-state index is 12.3. The second kappa shape index (κ2) is 8.44. The summed E-state index contributed by atoms with van der Waals surface area (Å²) in [4.78, 5) is 11.6. The number of nitrogens with zero attached hydrogens (tertiary/aromatic N) is 2. The molecule has 0 aliphatic heterocycles. The van der Waals surface area contributed by atoms with Crippen molar-refractivity contribution in [2.45, 2.75) is 37.7 Å². The summed E-state index contributed by atoms with van der Waals surface area (Å²) in [6, 6.07) is 6.56. The predicted molar refractivity (Wildman–Crippen MR) is 92.8 cm³/mol. The van der Waals surface area contributed by atoms with Crippen LogP contribution in [0.25, 0.3) is 0 Å². The predicted octanol–water partition coefficient (Wildman–Crippen LogP) is 2.40. The lowest BCUT2D eigenvalue weighted by Gasteiger charge is -2.05. The summed E-state index contributed by atoms with van der Waals surface area (Å²) in [6.07, 6.45) is 0.701. The Morgan fingerprint density at radius 3 is 2.76 bits per heavy atom. The standard InChI is InChI=1S/C16H20ClN3O4S/c1-11(2)8-14(21)18-7-6-15-19-20-16(24-15)25(22,23)10-12-4-3-5-13(17)9-12/h3-5,9,11H,6-8,10H2,1-2H3,(H,18,21). The Bertz CT molecular complexity index is 833. The van der Waals surface area contributed by atoms with Gasteiger partial charge < -0.3 is 9.73 Å². The summed E-state index contributed by atoms with van der Waals surface area (Å²) in [7, 11) is -3.75. The van der Waals surface area contributed by atoms with Gasteiger partial charge in [0.2, 0.25) is 21.6 Å². The van der Waals surface area contributed by atoms with Crippen LogP contribution in [0, 0.1) is 5.92 Å². The number of rotatable bonds is 8. The lowest BCUT2D eigenvalue weighted by atomic mass is 10.1. The lowest BCUT2D eigenvalue weighted by molar-refractivity contribution is -0.121. The molecule has 2 aromatic rings. The van der Waals surface area contributed by atoms with Crippen molar-refractivity contribution in [2.24, 2.45) is 5.92 Å². The van der Waals surface area contributed by atoms with Crippen LogP contribution in [-0.2, 0) is 26.8 Å². The van der Waals surface area contributed by atoms with Crippen molar-refractivity contribution in [3.63, 3.8) is 0 Å². The van der Waals surface area contributed by atoms with E-state index in [4.69, 9.17) is 16.0 Å². The number of halogens is 1. The highest BCUT2D eigenvalue weighted by molar-refractivity contribution is 7.90. The zero-order valence-electron chi connectivity index (χ0n) is 14.0. The van der Waals surface area contributed by atoms with Gasteiger partial charge in [0.15, 0.2) is 0 Å². The second-order valence-electron chi connectivity index (χ2n) is 6.05. The van der Waals surface area contributed by atoms with Crippen molar-refractivity contribution >= 4 is 27.3 Å². The van der Waals surface area contributed by atoms with Gasteiger partial charge in [0.05, 0.1) is 5.75 Å². The Labute approximate surface area is 151 Å². The number of hydrogen-bond acceptors (Lipinski definition) is 6. The fourth-order valence-corrected chi connectivity index (χ4v) is 3.47. The molecule has 0 spiro atoms. The summed E-state index contributed by atoms with van der Waals surface area (Å²) >= 11 is 5.86. The Morgan fingerprint density at radius 1 is 1.32 bits per heavy atom. The molecule has 1 amide bonds. The zero-order chi connectivity index (χ0) is 18.4. The molecular weight excluding hydrogens is 366 g/mol. The van der Waals surface area contributed by atoms with Gasteiger partial charge >= 0.3 is 5.22 Å². The van der Waals surface area contributed by atoms with E-state index in [1.54, 1.807) is 24.3 Å². The van der Waals surface area contributed by atoms with E-state index in [1.165, 1.54) is 0 Å². The van der Waals surface area contributed by atoms with Crippen LogP contribution >= 0.6 is 11.6 Å². The highest BCUT2D eigenvalue weighted by Gasteiger charge is 2.23. The largest absolute Gasteiger partial charge is 0.412 e. The Balaban J connectivity index is 1.94. The van der Waals surface area contributed by atoms with Gasteiger partial charge in [0.25, 0.3) is 0 Å². The summed E-state index contributed by atoms with van der Waals surface area (Å²) in [5, 5.41) is 10.1. The minimum Gasteiger partial charge on any atom is -0.412 e. The van der Waals surface area contributed by atoms with Gasteiger partial charge in [-0.15, -0.1) is 5.10 Å². The Kier molecular flexibility index (Phi) is 6.55. The molecule has 0 radical (unpaired) electrons. The van der Waals surface area contributed by atoms with Gasteiger partial charge in [-0.25, -0.2) is 8.42 Å². The SMILES string of the molecule is CC(C)CC(=O)NCCc1nnc(S(=O)(=O)Cc2cccc(Cl)c2)o1. The van der Waals surface area contributed by atoms with Crippen LogP contribution in [0.15, 0.2) is 33.9 Å². The van der Waals surface area contributed by atoms with Crippen LogP contribution in [0.3, 0.4) is 0 Å². The molecule has 2 rings (SSSR count). The third kappa shape index (κ3) is 6.13. The third-order valence-electron chi connectivity index (χ3n) is 3.21. The zero-order valence-corrected chi connectivity index (χ0v) is 15.6. The van der Waals surface area contributed by atoms with E-state index in [0.29, 0.717) is 23.6 Å². The lowest BCUT2D eigenvalue weighted by Crippen LogP contribution is -2.26. The van der Waals surface area contributed by atoms with Gasteiger partial charge in [-0.05, 0) is 23.6 Å². The molecule has 25 heavy (non-hydrogen) atoms. The number of nitrogens with one attached hydrogen (secondary N) is 1. The maximum Gasteiger partial charge on any atom is 0.335 e. The fourth-order valence-electron chi connectivity index (χ4n) is 2.12. The summed E-state index contributed by atoms with van der Waals surface area (Å²) in [5.41, 5.74) is 0.535. The summed E-state index contributed by atoms with van der Waals surface area (Å²) in [6.45, 7) is 4.21. The van der Waals surface area contributed by atoms with E-state index < -0.39 is 15.1 Å². The number of benzene rings is 1. The first kappa shape index (κ1) is 19.4. The minimum atomic E-state index is -3.75. The van der Waals surface area contributed by atoms with Gasteiger partial charge in [-0.3, -0.25) is 4.79 Å². The highest BCUT2D eigenvalue weighted by atomic mass is 35.5. The van der Waals surface area contributed by atoms with Crippen molar-refractivity contribution in [3.8, 4) is 0 Å². The first-order chi connectivity index (χ1) is 11.8. The maximum atomic E-state index is 12.3. The molecule has 0 saturated carbocycles. The normalized spacial score (nSPS) is 11.7. The monoisotopic (exact) mass is 385 g/mol. The van der Waals surface area contributed by atoms with E-state index in [1.807, 2.05) is 13.8 Å². The first-order valence-corrected chi connectivity index (χ1v) is 9.85. The van der Waals surface area contributed by atoms with Crippen LogP contribution in [0.4, 0.5) is 0 Å². The molecule has 0 aliphatic rings. The van der Waals surface area contributed by atoms with Crippen LogP contribution in [-0.4, -0.2) is 31.1 Å². The fraction of sp³-hybridized carbons (Fsp3) is 0.438. The second-order valence-corrected chi connectivity index (χ2v) is 8.35. The van der Waals surface area contributed by atoms with E-state index in [2.05, 4.69) is 15.5 Å². The quantitative estimate of drug-likeness (QED) is 0.748. The van der Waals surface area contributed by atoms with Crippen molar-refractivity contribution in [1.29, 1.82) is 0 Å².